The Morgan fingerprint density at radius 2 is 1.74 bits per heavy atom. The second-order valence-electron chi connectivity index (χ2n) is 5.75. The van der Waals surface area contributed by atoms with Crippen LogP contribution >= 0.6 is 0 Å². The molecule has 118 valence electrons. The Morgan fingerprint density at radius 1 is 1.04 bits per heavy atom. The van der Waals surface area contributed by atoms with Crippen molar-refractivity contribution in [3.8, 4) is 0 Å². The van der Waals surface area contributed by atoms with Gasteiger partial charge in [-0.2, -0.15) is 0 Å². The number of nitrogens with zero attached hydrogens (tertiary/aromatic N) is 2. The number of amides is 1. The molecule has 0 aliphatic carbocycles. The standard InChI is InChI=1S/C18H19N3O2/c1-13-4-6-14(7-5-13)17(22)18(23)20-15-8-9-16(19-12-15)21-10-2-3-11-21/h4-9,12H,2-3,10-11H2,1H3,(H,20,23). The summed E-state index contributed by atoms with van der Waals surface area (Å²) in [5, 5.41) is 2.60. The molecule has 0 unspecified atom stereocenters. The molecule has 0 radical (unpaired) electrons. The molecule has 0 bridgehead atoms. The van der Waals surface area contributed by atoms with Gasteiger partial charge in [0.1, 0.15) is 5.82 Å². The first-order valence-corrected chi connectivity index (χ1v) is 7.77. The molecule has 23 heavy (non-hydrogen) atoms. The van der Waals surface area contributed by atoms with E-state index in [1.54, 1.807) is 24.4 Å². The van der Waals surface area contributed by atoms with E-state index in [9.17, 15) is 9.59 Å². The molecule has 1 aliphatic rings. The maximum absolute atomic E-state index is 12.1. The molecule has 1 aromatic heterocycles. The van der Waals surface area contributed by atoms with E-state index in [4.69, 9.17) is 0 Å². The summed E-state index contributed by atoms with van der Waals surface area (Å²) in [4.78, 5) is 30.7. The van der Waals surface area contributed by atoms with Crippen LogP contribution in [0.2, 0.25) is 0 Å². The van der Waals surface area contributed by atoms with Gasteiger partial charge in [-0.1, -0.05) is 29.8 Å². The van der Waals surface area contributed by atoms with Crippen molar-refractivity contribution in [1.29, 1.82) is 0 Å². The fourth-order valence-electron chi connectivity index (χ4n) is 2.62. The summed E-state index contributed by atoms with van der Waals surface area (Å²) < 4.78 is 0. The Kier molecular flexibility index (Phi) is 4.37. The molecule has 1 aliphatic heterocycles. The smallest absolute Gasteiger partial charge is 0.296 e. The van der Waals surface area contributed by atoms with Crippen molar-refractivity contribution >= 4 is 23.2 Å². The van der Waals surface area contributed by atoms with Gasteiger partial charge in [0.05, 0.1) is 11.9 Å². The average molecular weight is 309 g/mol. The zero-order valence-corrected chi connectivity index (χ0v) is 13.1. The van der Waals surface area contributed by atoms with Crippen LogP contribution in [0, 0.1) is 6.92 Å². The number of carbonyl (C=O) groups is 2. The van der Waals surface area contributed by atoms with Crippen LogP contribution < -0.4 is 10.2 Å². The van der Waals surface area contributed by atoms with Gasteiger partial charge < -0.3 is 10.2 Å². The summed E-state index contributed by atoms with van der Waals surface area (Å²) >= 11 is 0. The van der Waals surface area contributed by atoms with Crippen molar-refractivity contribution in [2.75, 3.05) is 23.3 Å². The normalized spacial score (nSPS) is 13.9. The fraction of sp³-hybridized carbons (Fsp3) is 0.278. The number of hydrogen-bond acceptors (Lipinski definition) is 4. The lowest BCUT2D eigenvalue weighted by Crippen LogP contribution is -2.23. The summed E-state index contributed by atoms with van der Waals surface area (Å²) in [5.41, 5.74) is 1.96. The third kappa shape index (κ3) is 3.56. The minimum Gasteiger partial charge on any atom is -0.357 e. The minimum absolute atomic E-state index is 0.384. The lowest BCUT2D eigenvalue weighted by molar-refractivity contribution is -0.112. The van der Waals surface area contributed by atoms with Crippen LogP contribution in [0.25, 0.3) is 0 Å². The van der Waals surface area contributed by atoms with Gasteiger partial charge in [0.2, 0.25) is 0 Å². The maximum Gasteiger partial charge on any atom is 0.296 e. The summed E-state index contributed by atoms with van der Waals surface area (Å²) in [7, 11) is 0. The number of ketones is 1. The second kappa shape index (κ2) is 6.60. The topological polar surface area (TPSA) is 62.3 Å². The van der Waals surface area contributed by atoms with Crippen LogP contribution in [0.3, 0.4) is 0 Å². The van der Waals surface area contributed by atoms with Gasteiger partial charge in [0.25, 0.3) is 11.7 Å². The van der Waals surface area contributed by atoms with Gasteiger partial charge in [-0.15, -0.1) is 0 Å². The van der Waals surface area contributed by atoms with Gasteiger partial charge >= 0.3 is 0 Å². The van der Waals surface area contributed by atoms with Gasteiger partial charge in [-0.25, -0.2) is 4.98 Å². The van der Waals surface area contributed by atoms with Crippen molar-refractivity contribution < 1.29 is 9.59 Å². The zero-order valence-electron chi connectivity index (χ0n) is 13.1. The number of rotatable bonds is 4. The van der Waals surface area contributed by atoms with Crippen LogP contribution in [0.5, 0.6) is 0 Å². The Labute approximate surface area is 135 Å². The van der Waals surface area contributed by atoms with E-state index in [1.807, 2.05) is 25.1 Å². The molecule has 1 amide bonds. The highest BCUT2D eigenvalue weighted by Crippen LogP contribution is 2.19. The third-order valence-corrected chi connectivity index (χ3v) is 3.96. The summed E-state index contributed by atoms with van der Waals surface area (Å²) in [5.74, 6) is -0.288. The van der Waals surface area contributed by atoms with Gasteiger partial charge in [0, 0.05) is 18.7 Å². The second-order valence-corrected chi connectivity index (χ2v) is 5.75. The minimum atomic E-state index is -0.649. The number of nitrogens with one attached hydrogen (secondary N) is 1. The molecule has 1 aromatic carbocycles. The number of benzene rings is 1. The van der Waals surface area contributed by atoms with Crippen molar-refractivity contribution in [2.24, 2.45) is 0 Å². The number of aryl methyl sites for hydroxylation is 1. The largest absolute Gasteiger partial charge is 0.357 e. The Bertz CT molecular complexity index is 702. The van der Waals surface area contributed by atoms with E-state index in [-0.39, 0.29) is 0 Å². The molecule has 5 heteroatoms. The number of anilines is 2. The molecule has 0 saturated carbocycles. The molecule has 1 fully saturated rings. The van der Waals surface area contributed by atoms with Gasteiger partial charge in [-0.05, 0) is 31.9 Å². The van der Waals surface area contributed by atoms with Gasteiger partial charge in [-0.3, -0.25) is 9.59 Å². The molecule has 0 spiro atoms. The van der Waals surface area contributed by atoms with Gasteiger partial charge in [0.15, 0.2) is 0 Å². The Balaban J connectivity index is 1.65. The van der Waals surface area contributed by atoms with E-state index in [2.05, 4.69) is 15.2 Å². The maximum atomic E-state index is 12.1. The summed E-state index contributed by atoms with van der Waals surface area (Å²) in [6.07, 6.45) is 3.96. The summed E-state index contributed by atoms with van der Waals surface area (Å²) in [6.45, 7) is 3.97. The SMILES string of the molecule is Cc1ccc(C(=O)C(=O)Nc2ccc(N3CCCC3)nc2)cc1. The highest BCUT2D eigenvalue weighted by Gasteiger charge is 2.17. The molecule has 2 heterocycles. The average Bonchev–Trinajstić information content (AvgIpc) is 3.10. The van der Waals surface area contributed by atoms with Crippen molar-refractivity contribution in [3.63, 3.8) is 0 Å². The monoisotopic (exact) mass is 309 g/mol. The number of hydrogen-bond donors (Lipinski definition) is 1. The summed E-state index contributed by atoms with van der Waals surface area (Å²) in [6, 6.07) is 10.6. The van der Waals surface area contributed by atoms with Crippen LogP contribution in [-0.2, 0) is 4.79 Å². The number of pyridine rings is 1. The number of aromatic nitrogens is 1. The Morgan fingerprint density at radius 3 is 2.35 bits per heavy atom. The molecule has 1 N–H and O–H groups in total. The first-order chi connectivity index (χ1) is 11.1. The molecule has 3 rings (SSSR count). The van der Waals surface area contributed by atoms with Crippen LogP contribution in [0.4, 0.5) is 11.5 Å². The third-order valence-electron chi connectivity index (χ3n) is 3.96. The highest BCUT2D eigenvalue weighted by atomic mass is 16.2. The predicted octanol–water partition coefficient (Wildman–Crippen LogP) is 2.81. The lowest BCUT2D eigenvalue weighted by atomic mass is 10.1. The van der Waals surface area contributed by atoms with E-state index < -0.39 is 11.7 Å². The van der Waals surface area contributed by atoms with E-state index in [0.29, 0.717) is 11.3 Å². The van der Waals surface area contributed by atoms with E-state index in [0.717, 1.165) is 24.5 Å². The van der Waals surface area contributed by atoms with E-state index in [1.165, 1.54) is 12.8 Å². The fourth-order valence-corrected chi connectivity index (χ4v) is 2.62. The van der Waals surface area contributed by atoms with Crippen LogP contribution in [-0.4, -0.2) is 29.8 Å². The quantitative estimate of drug-likeness (QED) is 0.697. The van der Waals surface area contributed by atoms with Crippen LogP contribution in [0.1, 0.15) is 28.8 Å². The highest BCUT2D eigenvalue weighted by molar-refractivity contribution is 6.46. The molecular weight excluding hydrogens is 290 g/mol. The molecule has 1 saturated heterocycles. The predicted molar refractivity (Wildman–Crippen MR) is 89.8 cm³/mol. The van der Waals surface area contributed by atoms with Crippen molar-refractivity contribution in [2.45, 2.75) is 19.8 Å². The molecule has 0 atom stereocenters. The number of Topliss-reactive ketones (excluding diaryl/α,β-unsaturated/α-hetero) is 1. The molecular formula is C18H19N3O2. The molecule has 2 aromatic rings. The number of carbonyl (C=O) groups excluding carboxylic acids is 2. The first-order valence-electron chi connectivity index (χ1n) is 7.77. The van der Waals surface area contributed by atoms with E-state index >= 15 is 0 Å². The van der Waals surface area contributed by atoms with Crippen molar-refractivity contribution in [1.82, 2.24) is 4.98 Å². The van der Waals surface area contributed by atoms with Crippen molar-refractivity contribution in [3.05, 3.63) is 53.7 Å². The Hall–Kier alpha value is -2.69. The van der Waals surface area contributed by atoms with Crippen LogP contribution in [0.15, 0.2) is 42.6 Å². The zero-order chi connectivity index (χ0) is 16.2. The first kappa shape index (κ1) is 15.2. The molecule has 5 nitrogen and oxygen atoms in total. The lowest BCUT2D eigenvalue weighted by Gasteiger charge is -2.16.